The van der Waals surface area contributed by atoms with E-state index in [0.29, 0.717) is 10.6 Å². The SMILES string of the molecule is CS(=O)(=O)c1cc(C(=O)NNC(=O)c2ccc(Cl)cc2)ccc1Cl. The average molecular weight is 387 g/mol. The van der Waals surface area contributed by atoms with Crippen molar-refractivity contribution >= 4 is 44.9 Å². The Morgan fingerprint density at radius 1 is 0.875 bits per heavy atom. The van der Waals surface area contributed by atoms with E-state index in [0.717, 1.165) is 12.3 Å². The lowest BCUT2D eigenvalue weighted by atomic mass is 10.2. The minimum atomic E-state index is -3.58. The molecule has 0 atom stereocenters. The Morgan fingerprint density at radius 3 is 1.92 bits per heavy atom. The van der Waals surface area contributed by atoms with Crippen LogP contribution in [-0.4, -0.2) is 26.5 Å². The molecule has 9 heteroatoms. The predicted octanol–water partition coefficient (Wildman–Crippen LogP) is 2.47. The van der Waals surface area contributed by atoms with Gasteiger partial charge in [-0.1, -0.05) is 23.2 Å². The number of benzene rings is 2. The van der Waals surface area contributed by atoms with Crippen molar-refractivity contribution < 1.29 is 18.0 Å². The molecule has 0 bridgehead atoms. The van der Waals surface area contributed by atoms with Gasteiger partial charge in [-0.05, 0) is 42.5 Å². The highest BCUT2D eigenvalue weighted by molar-refractivity contribution is 7.90. The number of hydrogen-bond acceptors (Lipinski definition) is 4. The lowest BCUT2D eigenvalue weighted by molar-refractivity contribution is 0.0846. The minimum absolute atomic E-state index is 0.0132. The van der Waals surface area contributed by atoms with Crippen LogP contribution in [0.1, 0.15) is 20.7 Å². The molecule has 2 rings (SSSR count). The first-order valence-corrected chi connectivity index (χ1v) is 9.19. The summed E-state index contributed by atoms with van der Waals surface area (Å²) in [5, 5.41) is 0.490. The van der Waals surface area contributed by atoms with E-state index in [1.54, 1.807) is 0 Å². The number of hydrazine groups is 1. The third-order valence-electron chi connectivity index (χ3n) is 2.99. The summed E-state index contributed by atoms with van der Waals surface area (Å²) in [6, 6.07) is 9.85. The molecule has 0 radical (unpaired) electrons. The van der Waals surface area contributed by atoms with E-state index in [-0.39, 0.29) is 15.5 Å². The summed E-state index contributed by atoms with van der Waals surface area (Å²) in [6.45, 7) is 0. The second-order valence-corrected chi connectivity index (χ2v) is 7.66. The molecule has 2 N–H and O–H groups in total. The Morgan fingerprint density at radius 2 is 1.38 bits per heavy atom. The van der Waals surface area contributed by atoms with Crippen molar-refractivity contribution in [2.24, 2.45) is 0 Å². The van der Waals surface area contributed by atoms with Crippen molar-refractivity contribution in [2.75, 3.05) is 6.26 Å². The lowest BCUT2D eigenvalue weighted by Gasteiger charge is -2.09. The van der Waals surface area contributed by atoms with Crippen molar-refractivity contribution in [3.05, 3.63) is 63.6 Å². The van der Waals surface area contributed by atoms with Gasteiger partial charge in [0.15, 0.2) is 9.84 Å². The van der Waals surface area contributed by atoms with E-state index in [4.69, 9.17) is 23.2 Å². The zero-order valence-electron chi connectivity index (χ0n) is 12.3. The molecule has 2 amide bonds. The molecule has 0 heterocycles. The molecule has 2 aromatic rings. The van der Waals surface area contributed by atoms with Crippen LogP contribution >= 0.6 is 23.2 Å². The Labute approximate surface area is 148 Å². The van der Waals surface area contributed by atoms with Gasteiger partial charge >= 0.3 is 0 Å². The summed E-state index contributed by atoms with van der Waals surface area (Å²) >= 11 is 11.5. The molecule has 0 unspecified atom stereocenters. The molecular formula is C15H12Cl2N2O4S. The van der Waals surface area contributed by atoms with Gasteiger partial charge in [-0.3, -0.25) is 20.4 Å². The highest BCUT2D eigenvalue weighted by Crippen LogP contribution is 2.22. The zero-order valence-corrected chi connectivity index (χ0v) is 14.7. The van der Waals surface area contributed by atoms with E-state index in [1.165, 1.54) is 36.4 Å². The first-order chi connectivity index (χ1) is 11.2. The minimum Gasteiger partial charge on any atom is -0.267 e. The predicted molar refractivity (Wildman–Crippen MR) is 90.9 cm³/mol. The summed E-state index contributed by atoms with van der Waals surface area (Å²) in [5.41, 5.74) is 4.76. The van der Waals surface area contributed by atoms with Gasteiger partial charge in [0.2, 0.25) is 0 Å². The number of amides is 2. The van der Waals surface area contributed by atoms with Crippen LogP contribution in [0.25, 0.3) is 0 Å². The molecule has 6 nitrogen and oxygen atoms in total. The van der Waals surface area contributed by atoms with E-state index in [9.17, 15) is 18.0 Å². The molecule has 0 spiro atoms. The Kier molecular flexibility index (Phi) is 5.48. The normalized spacial score (nSPS) is 11.0. The number of carbonyl (C=O) groups excluding carboxylic acids is 2. The highest BCUT2D eigenvalue weighted by atomic mass is 35.5. The highest BCUT2D eigenvalue weighted by Gasteiger charge is 2.16. The van der Waals surface area contributed by atoms with Crippen molar-refractivity contribution in [1.29, 1.82) is 0 Å². The van der Waals surface area contributed by atoms with Crippen LogP contribution in [0.2, 0.25) is 10.0 Å². The third-order valence-corrected chi connectivity index (χ3v) is 4.82. The number of carbonyl (C=O) groups is 2. The van der Waals surface area contributed by atoms with Crippen LogP contribution < -0.4 is 10.9 Å². The summed E-state index contributed by atoms with van der Waals surface area (Å²) in [7, 11) is -3.58. The van der Waals surface area contributed by atoms with Gasteiger partial charge < -0.3 is 0 Å². The maximum Gasteiger partial charge on any atom is 0.269 e. The number of rotatable bonds is 3. The van der Waals surface area contributed by atoms with Crippen LogP contribution in [0, 0.1) is 0 Å². The van der Waals surface area contributed by atoms with E-state index in [2.05, 4.69) is 10.9 Å². The van der Waals surface area contributed by atoms with Crippen LogP contribution in [0.3, 0.4) is 0 Å². The molecule has 0 fully saturated rings. The van der Waals surface area contributed by atoms with Crippen molar-refractivity contribution in [3.8, 4) is 0 Å². The summed E-state index contributed by atoms with van der Waals surface area (Å²) in [6.07, 6.45) is 0.984. The molecule has 126 valence electrons. The van der Waals surface area contributed by atoms with Crippen LogP contribution in [0.5, 0.6) is 0 Å². The monoisotopic (exact) mass is 386 g/mol. The maximum absolute atomic E-state index is 12.0. The standard InChI is InChI=1S/C15H12Cl2N2O4S/c1-24(22,23)13-8-10(4-7-12(13)17)15(21)19-18-14(20)9-2-5-11(16)6-3-9/h2-8H,1H3,(H,18,20)(H,19,21). The van der Waals surface area contributed by atoms with E-state index < -0.39 is 21.7 Å². The lowest BCUT2D eigenvalue weighted by Crippen LogP contribution is -2.41. The summed E-state index contributed by atoms with van der Waals surface area (Å²) < 4.78 is 23.2. The van der Waals surface area contributed by atoms with Gasteiger partial charge in [0.25, 0.3) is 11.8 Å². The summed E-state index contributed by atoms with van der Waals surface area (Å²) in [5.74, 6) is -1.23. The fourth-order valence-electron chi connectivity index (χ4n) is 1.79. The Balaban J connectivity index is 2.10. The fourth-order valence-corrected chi connectivity index (χ4v) is 3.22. The first kappa shape index (κ1) is 18.3. The first-order valence-electron chi connectivity index (χ1n) is 6.54. The summed E-state index contributed by atoms with van der Waals surface area (Å²) in [4.78, 5) is 23.8. The van der Waals surface area contributed by atoms with Crippen LogP contribution in [0.4, 0.5) is 0 Å². The van der Waals surface area contributed by atoms with E-state index in [1.807, 2.05) is 0 Å². The molecule has 0 saturated heterocycles. The number of sulfone groups is 1. The molecule has 0 aliphatic carbocycles. The van der Waals surface area contributed by atoms with Gasteiger partial charge in [-0.15, -0.1) is 0 Å². The average Bonchev–Trinajstić information content (AvgIpc) is 2.52. The molecular weight excluding hydrogens is 375 g/mol. The number of hydrogen-bond donors (Lipinski definition) is 2. The zero-order chi connectivity index (χ0) is 17.9. The second-order valence-electron chi connectivity index (χ2n) is 4.83. The van der Waals surface area contributed by atoms with Gasteiger partial charge in [0.1, 0.15) is 0 Å². The largest absolute Gasteiger partial charge is 0.269 e. The van der Waals surface area contributed by atoms with Crippen molar-refractivity contribution in [3.63, 3.8) is 0 Å². The Bertz CT molecular complexity index is 896. The topological polar surface area (TPSA) is 92.3 Å². The van der Waals surface area contributed by atoms with Gasteiger partial charge in [0.05, 0.1) is 9.92 Å². The molecule has 24 heavy (non-hydrogen) atoms. The van der Waals surface area contributed by atoms with Crippen LogP contribution in [0.15, 0.2) is 47.4 Å². The number of halogens is 2. The van der Waals surface area contributed by atoms with Crippen molar-refractivity contribution in [2.45, 2.75) is 4.90 Å². The van der Waals surface area contributed by atoms with E-state index >= 15 is 0 Å². The molecule has 0 aliphatic heterocycles. The van der Waals surface area contributed by atoms with Gasteiger partial charge in [0, 0.05) is 22.4 Å². The number of nitrogens with one attached hydrogen (secondary N) is 2. The maximum atomic E-state index is 12.0. The molecule has 0 aromatic heterocycles. The van der Waals surface area contributed by atoms with Gasteiger partial charge in [-0.25, -0.2) is 8.42 Å². The molecule has 2 aromatic carbocycles. The Hall–Kier alpha value is -2.09. The quantitative estimate of drug-likeness (QED) is 0.792. The smallest absolute Gasteiger partial charge is 0.267 e. The van der Waals surface area contributed by atoms with Crippen molar-refractivity contribution in [1.82, 2.24) is 10.9 Å². The van der Waals surface area contributed by atoms with Gasteiger partial charge in [-0.2, -0.15) is 0 Å². The molecule has 0 aliphatic rings. The second kappa shape index (κ2) is 7.21. The van der Waals surface area contributed by atoms with Crippen LogP contribution in [-0.2, 0) is 9.84 Å². The third kappa shape index (κ3) is 4.47. The fraction of sp³-hybridized carbons (Fsp3) is 0.0667. The molecule has 0 saturated carbocycles.